The number of aromatic nitrogens is 1. The molecule has 3 aromatic rings. The number of rotatable bonds is 7. The van der Waals surface area contributed by atoms with Gasteiger partial charge in [-0.15, -0.1) is 12.4 Å². The van der Waals surface area contributed by atoms with Crippen molar-refractivity contribution in [3.05, 3.63) is 78.0 Å². The van der Waals surface area contributed by atoms with Gasteiger partial charge in [-0.05, 0) is 48.7 Å². The molecule has 0 amide bonds. The van der Waals surface area contributed by atoms with Crippen molar-refractivity contribution in [2.75, 3.05) is 0 Å². The van der Waals surface area contributed by atoms with Crippen LogP contribution in [0.4, 0.5) is 0 Å². The average molecular weight is 385 g/mol. The Kier molecular flexibility index (Phi) is 7.65. The van der Waals surface area contributed by atoms with Gasteiger partial charge in [0.15, 0.2) is 0 Å². The van der Waals surface area contributed by atoms with Crippen LogP contribution in [0.2, 0.25) is 0 Å². The lowest BCUT2D eigenvalue weighted by Gasteiger charge is -2.14. The highest BCUT2D eigenvalue weighted by molar-refractivity contribution is 5.85. The molecule has 4 nitrogen and oxygen atoms in total. The summed E-state index contributed by atoms with van der Waals surface area (Å²) in [6.45, 7) is 4.96. The van der Waals surface area contributed by atoms with Gasteiger partial charge >= 0.3 is 0 Å². The molecule has 1 heterocycles. The van der Waals surface area contributed by atoms with E-state index in [1.807, 2.05) is 80.7 Å². The molecule has 5 heteroatoms. The van der Waals surface area contributed by atoms with Crippen LogP contribution in [0.1, 0.15) is 25.0 Å². The molecule has 2 aromatic carbocycles. The van der Waals surface area contributed by atoms with Gasteiger partial charge in [-0.2, -0.15) is 0 Å². The van der Waals surface area contributed by atoms with Gasteiger partial charge in [-0.1, -0.05) is 36.4 Å². The number of nitrogens with zero attached hydrogens (tertiary/aromatic N) is 1. The number of ether oxygens (including phenoxy) is 2. The quantitative estimate of drug-likeness (QED) is 0.623. The summed E-state index contributed by atoms with van der Waals surface area (Å²) in [6, 6.07) is 19.9. The van der Waals surface area contributed by atoms with Gasteiger partial charge in [0.2, 0.25) is 5.88 Å². The zero-order chi connectivity index (χ0) is 18.4. The smallest absolute Gasteiger partial charge is 0.213 e. The second kappa shape index (κ2) is 9.95. The lowest BCUT2D eigenvalue weighted by atomic mass is 10.0. The summed E-state index contributed by atoms with van der Waals surface area (Å²) in [6.07, 6.45) is 1.95. The van der Waals surface area contributed by atoms with Crippen LogP contribution in [0, 0.1) is 0 Å². The molecule has 0 spiro atoms. The molecule has 0 aliphatic rings. The first-order valence-corrected chi connectivity index (χ1v) is 8.78. The highest BCUT2D eigenvalue weighted by Gasteiger charge is 2.08. The number of nitrogens with two attached hydrogens (primary N) is 1. The lowest BCUT2D eigenvalue weighted by molar-refractivity contribution is 0.242. The van der Waals surface area contributed by atoms with Gasteiger partial charge in [0.05, 0.1) is 6.10 Å². The van der Waals surface area contributed by atoms with Gasteiger partial charge in [0.25, 0.3) is 0 Å². The third-order valence-electron chi connectivity index (χ3n) is 3.95. The number of hydrogen-bond acceptors (Lipinski definition) is 4. The van der Waals surface area contributed by atoms with Crippen LogP contribution in [-0.2, 0) is 13.2 Å². The van der Waals surface area contributed by atoms with Crippen molar-refractivity contribution in [3.63, 3.8) is 0 Å². The molecule has 142 valence electrons. The summed E-state index contributed by atoms with van der Waals surface area (Å²) < 4.78 is 11.5. The van der Waals surface area contributed by atoms with E-state index >= 15 is 0 Å². The Bertz CT molecular complexity index is 837. The van der Waals surface area contributed by atoms with Crippen LogP contribution in [-0.4, -0.2) is 11.1 Å². The summed E-state index contributed by atoms with van der Waals surface area (Å²) in [5.74, 6) is 1.44. The summed E-state index contributed by atoms with van der Waals surface area (Å²) in [5.41, 5.74) is 10.1. The molecular formula is C22H25ClN2O2. The Balaban J connectivity index is 0.00000261. The van der Waals surface area contributed by atoms with Crippen LogP contribution < -0.4 is 15.2 Å². The van der Waals surface area contributed by atoms with E-state index in [0.717, 1.165) is 28.0 Å². The average Bonchev–Trinajstić information content (AvgIpc) is 2.67. The largest absolute Gasteiger partial charge is 0.491 e. The molecule has 0 bridgehead atoms. The molecule has 0 saturated carbocycles. The summed E-state index contributed by atoms with van der Waals surface area (Å²) in [4.78, 5) is 4.42. The molecule has 0 aliphatic carbocycles. The van der Waals surface area contributed by atoms with Crippen molar-refractivity contribution >= 4 is 12.4 Å². The van der Waals surface area contributed by atoms with E-state index in [4.69, 9.17) is 15.2 Å². The molecular weight excluding hydrogens is 360 g/mol. The first kappa shape index (κ1) is 20.7. The van der Waals surface area contributed by atoms with Crippen LogP contribution in [0.3, 0.4) is 0 Å². The Morgan fingerprint density at radius 1 is 1.00 bits per heavy atom. The van der Waals surface area contributed by atoms with Gasteiger partial charge in [0.1, 0.15) is 12.4 Å². The predicted molar refractivity (Wildman–Crippen MR) is 111 cm³/mol. The van der Waals surface area contributed by atoms with Crippen LogP contribution in [0.15, 0.2) is 66.9 Å². The molecule has 0 saturated heterocycles. The second-order valence-corrected chi connectivity index (χ2v) is 6.35. The predicted octanol–water partition coefficient (Wildman–Crippen LogP) is 5.00. The van der Waals surface area contributed by atoms with Gasteiger partial charge < -0.3 is 15.2 Å². The fourth-order valence-corrected chi connectivity index (χ4v) is 2.72. The second-order valence-electron chi connectivity index (χ2n) is 6.35. The van der Waals surface area contributed by atoms with Gasteiger partial charge in [0, 0.05) is 24.4 Å². The third-order valence-corrected chi connectivity index (χ3v) is 3.95. The Morgan fingerprint density at radius 2 is 1.78 bits per heavy atom. The molecule has 27 heavy (non-hydrogen) atoms. The van der Waals surface area contributed by atoms with E-state index in [1.165, 1.54) is 0 Å². The van der Waals surface area contributed by atoms with Crippen molar-refractivity contribution in [2.24, 2.45) is 5.73 Å². The van der Waals surface area contributed by atoms with E-state index in [-0.39, 0.29) is 18.5 Å². The fraction of sp³-hybridized carbons (Fsp3) is 0.227. The van der Waals surface area contributed by atoms with Gasteiger partial charge in [-0.3, -0.25) is 0 Å². The first-order chi connectivity index (χ1) is 12.7. The van der Waals surface area contributed by atoms with Crippen LogP contribution in [0.5, 0.6) is 11.6 Å². The molecule has 0 unspecified atom stereocenters. The summed E-state index contributed by atoms with van der Waals surface area (Å²) in [5, 5.41) is 0. The standard InChI is InChI=1S/C22H24N2O2.ClH/c1-16(2)26-20-9-10-21(19(12-20)13-23)18-8-11-22(24-14-18)25-15-17-6-4-3-5-7-17;/h3-12,14,16H,13,15,23H2,1-2H3;1H. The first-order valence-electron chi connectivity index (χ1n) is 8.78. The molecule has 0 aliphatic heterocycles. The van der Waals surface area contributed by atoms with E-state index in [1.54, 1.807) is 0 Å². The van der Waals surface area contributed by atoms with E-state index in [0.29, 0.717) is 19.0 Å². The van der Waals surface area contributed by atoms with Crippen molar-refractivity contribution in [2.45, 2.75) is 33.1 Å². The maximum atomic E-state index is 5.93. The molecule has 0 atom stereocenters. The fourth-order valence-electron chi connectivity index (χ4n) is 2.72. The summed E-state index contributed by atoms with van der Waals surface area (Å²) >= 11 is 0. The maximum absolute atomic E-state index is 5.93. The monoisotopic (exact) mass is 384 g/mol. The highest BCUT2D eigenvalue weighted by Crippen LogP contribution is 2.28. The number of pyridine rings is 1. The van der Waals surface area contributed by atoms with Crippen LogP contribution in [0.25, 0.3) is 11.1 Å². The minimum Gasteiger partial charge on any atom is -0.491 e. The third kappa shape index (κ3) is 5.71. The normalized spacial score (nSPS) is 10.4. The van der Waals surface area contributed by atoms with E-state index in [2.05, 4.69) is 4.98 Å². The Hall–Kier alpha value is -2.56. The molecule has 1 aromatic heterocycles. The van der Waals surface area contributed by atoms with Crippen molar-refractivity contribution in [1.29, 1.82) is 0 Å². The topological polar surface area (TPSA) is 57.4 Å². The van der Waals surface area contributed by atoms with E-state index < -0.39 is 0 Å². The lowest BCUT2D eigenvalue weighted by Crippen LogP contribution is -2.07. The minimum atomic E-state index is 0. The Morgan fingerprint density at radius 3 is 2.41 bits per heavy atom. The minimum absolute atomic E-state index is 0. The SMILES string of the molecule is CC(C)Oc1ccc(-c2ccc(OCc3ccccc3)nc2)c(CN)c1.Cl. The van der Waals surface area contributed by atoms with Gasteiger partial charge in [-0.25, -0.2) is 4.98 Å². The number of benzene rings is 2. The summed E-state index contributed by atoms with van der Waals surface area (Å²) in [7, 11) is 0. The maximum Gasteiger partial charge on any atom is 0.213 e. The van der Waals surface area contributed by atoms with Crippen molar-refractivity contribution in [1.82, 2.24) is 4.98 Å². The zero-order valence-corrected chi connectivity index (χ0v) is 16.4. The Labute approximate surface area is 166 Å². The molecule has 2 N–H and O–H groups in total. The van der Waals surface area contributed by atoms with Crippen molar-refractivity contribution < 1.29 is 9.47 Å². The zero-order valence-electron chi connectivity index (χ0n) is 15.6. The highest BCUT2D eigenvalue weighted by atomic mass is 35.5. The number of halogens is 1. The molecule has 3 rings (SSSR count). The number of hydrogen-bond donors (Lipinski definition) is 1. The molecule has 0 fully saturated rings. The molecule has 0 radical (unpaired) electrons. The van der Waals surface area contributed by atoms with Crippen LogP contribution >= 0.6 is 12.4 Å². The van der Waals surface area contributed by atoms with E-state index in [9.17, 15) is 0 Å². The van der Waals surface area contributed by atoms with Crippen molar-refractivity contribution in [3.8, 4) is 22.8 Å².